The fraction of sp³-hybridized carbons (Fsp3) is 0.966. The van der Waals surface area contributed by atoms with E-state index in [9.17, 15) is 14.3 Å². The summed E-state index contributed by atoms with van der Waals surface area (Å²) in [5.74, 6) is 0.0718. The zero-order valence-corrected chi connectivity index (χ0v) is 25.2. The molecule has 0 radical (unpaired) electrons. The first-order valence-corrected chi connectivity index (χ1v) is 17.1. The maximum Gasteiger partial charge on any atom is 0.329 e. The van der Waals surface area contributed by atoms with Gasteiger partial charge < -0.3 is 23.8 Å². The van der Waals surface area contributed by atoms with E-state index in [0.717, 1.165) is 32.4 Å². The van der Waals surface area contributed by atoms with Gasteiger partial charge in [0, 0.05) is 19.6 Å². The number of likely N-dealkylation sites (tertiary alicyclic amines) is 1. The second-order valence-electron chi connectivity index (χ2n) is 11.0. The van der Waals surface area contributed by atoms with Crippen LogP contribution >= 0.6 is 7.60 Å². The molecule has 0 aliphatic carbocycles. The number of rotatable bonds is 25. The fourth-order valence-electron chi connectivity index (χ4n) is 4.74. The van der Waals surface area contributed by atoms with Crippen LogP contribution in [0.4, 0.5) is 0 Å². The second kappa shape index (κ2) is 22.4. The SMILES string of the molecule is CCCCCCCCCCCCCCC(C)COCC(COP(=O)(O)CCN1CCCC1)OC(=O)CC. The van der Waals surface area contributed by atoms with Crippen LogP contribution in [-0.4, -0.2) is 67.5 Å². The van der Waals surface area contributed by atoms with Gasteiger partial charge in [0.05, 0.1) is 19.4 Å². The molecule has 1 aliphatic rings. The van der Waals surface area contributed by atoms with Crippen LogP contribution in [-0.2, 0) is 23.4 Å². The molecule has 7 nitrogen and oxygen atoms in total. The van der Waals surface area contributed by atoms with Gasteiger partial charge in [-0.05, 0) is 38.3 Å². The van der Waals surface area contributed by atoms with Crippen molar-refractivity contribution < 1.29 is 28.3 Å². The molecule has 0 aromatic carbocycles. The van der Waals surface area contributed by atoms with E-state index in [2.05, 4.69) is 18.7 Å². The summed E-state index contributed by atoms with van der Waals surface area (Å²) in [5, 5.41) is 0. The lowest BCUT2D eigenvalue weighted by atomic mass is 10.0. The van der Waals surface area contributed by atoms with Gasteiger partial charge in [-0.3, -0.25) is 9.36 Å². The predicted molar refractivity (Wildman–Crippen MR) is 152 cm³/mol. The third-order valence-electron chi connectivity index (χ3n) is 7.20. The van der Waals surface area contributed by atoms with Crippen LogP contribution in [0, 0.1) is 5.92 Å². The quantitative estimate of drug-likeness (QED) is 0.0726. The van der Waals surface area contributed by atoms with E-state index in [0.29, 0.717) is 19.1 Å². The molecular formula is C29H58NO6P. The van der Waals surface area contributed by atoms with Gasteiger partial charge in [-0.25, -0.2) is 0 Å². The van der Waals surface area contributed by atoms with E-state index in [1.54, 1.807) is 6.92 Å². The topological polar surface area (TPSA) is 85.3 Å². The van der Waals surface area contributed by atoms with E-state index in [4.69, 9.17) is 14.0 Å². The number of hydrogen-bond donors (Lipinski definition) is 1. The highest BCUT2D eigenvalue weighted by Crippen LogP contribution is 2.42. The first-order chi connectivity index (χ1) is 17.9. The fourth-order valence-corrected chi connectivity index (χ4v) is 5.81. The summed E-state index contributed by atoms with van der Waals surface area (Å²) >= 11 is 0. The molecule has 3 atom stereocenters. The standard InChI is InChI=1S/C29H58NO6P/c1-4-6-7-8-9-10-11-12-13-14-15-16-19-27(3)24-34-25-28(36-29(31)5-2)26-35-37(32,33)23-22-30-20-17-18-21-30/h27-28H,4-26H2,1-3H3,(H,32,33). The number of ether oxygens (including phenoxy) is 2. The van der Waals surface area contributed by atoms with Crippen molar-refractivity contribution >= 4 is 13.6 Å². The van der Waals surface area contributed by atoms with Crippen molar-refractivity contribution in [1.29, 1.82) is 0 Å². The molecule has 3 unspecified atom stereocenters. The molecule has 0 bridgehead atoms. The molecule has 220 valence electrons. The first kappa shape index (κ1) is 34.6. The lowest BCUT2D eigenvalue weighted by molar-refractivity contribution is -0.154. The minimum Gasteiger partial charge on any atom is -0.457 e. The van der Waals surface area contributed by atoms with E-state index < -0.39 is 13.7 Å². The Labute approximate surface area is 227 Å². The van der Waals surface area contributed by atoms with Crippen molar-refractivity contribution in [1.82, 2.24) is 4.90 Å². The Morgan fingerprint density at radius 3 is 2.00 bits per heavy atom. The highest BCUT2D eigenvalue weighted by atomic mass is 31.2. The van der Waals surface area contributed by atoms with Gasteiger partial charge >= 0.3 is 13.6 Å². The monoisotopic (exact) mass is 547 g/mol. The zero-order valence-electron chi connectivity index (χ0n) is 24.3. The summed E-state index contributed by atoms with van der Waals surface area (Å²) in [4.78, 5) is 24.2. The van der Waals surface area contributed by atoms with Gasteiger partial charge in [0.25, 0.3) is 0 Å². The van der Waals surface area contributed by atoms with Gasteiger partial charge in [0.15, 0.2) is 0 Å². The first-order valence-electron chi connectivity index (χ1n) is 15.3. The molecule has 1 aliphatic heterocycles. The molecule has 0 spiro atoms. The largest absolute Gasteiger partial charge is 0.457 e. The Bertz CT molecular complexity index is 599. The average molecular weight is 548 g/mol. The van der Waals surface area contributed by atoms with Crippen LogP contribution in [0.5, 0.6) is 0 Å². The Morgan fingerprint density at radius 2 is 1.43 bits per heavy atom. The summed E-state index contributed by atoms with van der Waals surface area (Å²) in [6.07, 6.45) is 19.3. The number of esters is 1. The van der Waals surface area contributed by atoms with E-state index in [1.807, 2.05) is 0 Å². The minimum absolute atomic E-state index is 0.0956. The Morgan fingerprint density at radius 1 is 0.865 bits per heavy atom. The van der Waals surface area contributed by atoms with Crippen LogP contribution in [0.3, 0.4) is 0 Å². The number of nitrogens with zero attached hydrogens (tertiary/aromatic N) is 1. The molecule has 1 N–H and O–H groups in total. The molecule has 0 aromatic rings. The number of hydrogen-bond acceptors (Lipinski definition) is 6. The predicted octanol–water partition coefficient (Wildman–Crippen LogP) is 7.35. The van der Waals surface area contributed by atoms with E-state index in [1.165, 1.54) is 77.0 Å². The molecule has 0 amide bonds. The van der Waals surface area contributed by atoms with Crippen LogP contribution in [0.1, 0.15) is 124 Å². The van der Waals surface area contributed by atoms with Gasteiger partial charge in [-0.15, -0.1) is 0 Å². The maximum absolute atomic E-state index is 12.4. The molecule has 1 fully saturated rings. The summed E-state index contributed by atoms with van der Waals surface area (Å²) in [6, 6.07) is 0. The van der Waals surface area contributed by atoms with E-state index >= 15 is 0 Å². The molecule has 0 saturated carbocycles. The Kier molecular flexibility index (Phi) is 20.9. The van der Waals surface area contributed by atoms with Crippen LogP contribution in [0.15, 0.2) is 0 Å². The lowest BCUT2D eigenvalue weighted by Gasteiger charge is -2.22. The van der Waals surface area contributed by atoms with E-state index in [-0.39, 0.29) is 31.8 Å². The van der Waals surface area contributed by atoms with Crippen molar-refractivity contribution in [2.45, 2.75) is 130 Å². The van der Waals surface area contributed by atoms with Gasteiger partial charge in [0.2, 0.25) is 0 Å². The third-order valence-corrected chi connectivity index (χ3v) is 8.52. The van der Waals surface area contributed by atoms with Crippen molar-refractivity contribution in [3.63, 3.8) is 0 Å². The van der Waals surface area contributed by atoms with Crippen molar-refractivity contribution in [2.75, 3.05) is 45.6 Å². The Balaban J connectivity index is 2.13. The van der Waals surface area contributed by atoms with Crippen LogP contribution < -0.4 is 0 Å². The highest BCUT2D eigenvalue weighted by molar-refractivity contribution is 7.52. The zero-order chi connectivity index (χ0) is 27.2. The van der Waals surface area contributed by atoms with Crippen LogP contribution in [0.25, 0.3) is 0 Å². The van der Waals surface area contributed by atoms with Gasteiger partial charge in [-0.1, -0.05) is 97.8 Å². The van der Waals surface area contributed by atoms with Crippen molar-refractivity contribution in [2.24, 2.45) is 5.92 Å². The smallest absolute Gasteiger partial charge is 0.329 e. The van der Waals surface area contributed by atoms with Gasteiger partial charge in [-0.2, -0.15) is 0 Å². The summed E-state index contributed by atoms with van der Waals surface area (Å²) in [6.45, 7) is 9.33. The molecule has 1 saturated heterocycles. The molecule has 8 heteroatoms. The van der Waals surface area contributed by atoms with Crippen LogP contribution in [0.2, 0.25) is 0 Å². The maximum atomic E-state index is 12.4. The van der Waals surface area contributed by atoms with Crippen molar-refractivity contribution in [3.05, 3.63) is 0 Å². The Hall–Kier alpha value is -0.460. The summed E-state index contributed by atoms with van der Waals surface area (Å²) < 4.78 is 29.0. The average Bonchev–Trinajstić information content (AvgIpc) is 3.40. The molecule has 0 aromatic heterocycles. The van der Waals surface area contributed by atoms with Crippen molar-refractivity contribution in [3.8, 4) is 0 Å². The van der Waals surface area contributed by atoms with Gasteiger partial charge in [0.1, 0.15) is 6.10 Å². The summed E-state index contributed by atoms with van der Waals surface area (Å²) in [5.41, 5.74) is 0. The third kappa shape index (κ3) is 20.2. The molecule has 1 heterocycles. The summed E-state index contributed by atoms with van der Waals surface area (Å²) in [7, 11) is -3.73. The second-order valence-corrected chi connectivity index (χ2v) is 13.0. The molecule has 1 rings (SSSR count). The number of unbranched alkanes of at least 4 members (excludes halogenated alkanes) is 11. The number of carbonyl (C=O) groups is 1. The number of carbonyl (C=O) groups excluding carboxylic acids is 1. The normalized spacial score (nSPS) is 17.5. The minimum atomic E-state index is -3.73. The lowest BCUT2D eigenvalue weighted by Crippen LogP contribution is -2.29. The molecule has 37 heavy (non-hydrogen) atoms. The highest BCUT2D eigenvalue weighted by Gasteiger charge is 2.25. The molecular weight excluding hydrogens is 489 g/mol.